The molecule has 0 aromatic carbocycles. The SMILES string of the molecule is NC(=O)OC[C@H]1[C@@H](NC(=O)/C(=N/OCC(=O)O)c2csc(N)n2)C(=O)N1S(=O)(=O)O. The number of amides is 3. The molecule has 1 aromatic rings. The average molecular weight is 466 g/mol. The lowest BCUT2D eigenvalue weighted by Gasteiger charge is -2.43. The fourth-order valence-corrected chi connectivity index (χ4v) is 3.67. The lowest BCUT2D eigenvalue weighted by molar-refractivity contribution is -0.146. The third-order valence-corrected chi connectivity index (χ3v) is 5.05. The molecule has 16 nitrogen and oxygen atoms in total. The van der Waals surface area contributed by atoms with Gasteiger partial charge in [-0.3, -0.25) is 14.1 Å². The number of thiazole rings is 1. The fourth-order valence-electron chi connectivity index (χ4n) is 2.26. The number of carbonyl (C=O) groups excluding carboxylic acids is 3. The van der Waals surface area contributed by atoms with E-state index >= 15 is 0 Å². The van der Waals surface area contributed by atoms with Crippen molar-refractivity contribution in [2.24, 2.45) is 10.9 Å². The van der Waals surface area contributed by atoms with E-state index in [0.29, 0.717) is 0 Å². The Morgan fingerprint density at radius 2 is 2.07 bits per heavy atom. The second kappa shape index (κ2) is 8.88. The summed E-state index contributed by atoms with van der Waals surface area (Å²) >= 11 is 0.920. The minimum absolute atomic E-state index is 0.0144. The number of oxime groups is 1. The number of hydrogen-bond donors (Lipinski definition) is 5. The maximum atomic E-state index is 12.6. The first kappa shape index (κ1) is 22.8. The van der Waals surface area contributed by atoms with Gasteiger partial charge in [0.2, 0.25) is 6.61 Å². The van der Waals surface area contributed by atoms with E-state index in [1.165, 1.54) is 5.38 Å². The van der Waals surface area contributed by atoms with Gasteiger partial charge in [0.1, 0.15) is 24.4 Å². The molecule has 2 heterocycles. The molecule has 30 heavy (non-hydrogen) atoms. The molecule has 1 fully saturated rings. The number of hydrogen-bond acceptors (Lipinski definition) is 12. The van der Waals surface area contributed by atoms with Gasteiger partial charge in [-0.1, -0.05) is 5.16 Å². The number of aliphatic carboxylic acids is 1. The van der Waals surface area contributed by atoms with Crippen LogP contribution in [0.5, 0.6) is 0 Å². The van der Waals surface area contributed by atoms with Crippen LogP contribution in [-0.2, 0) is 34.3 Å². The zero-order chi connectivity index (χ0) is 22.6. The van der Waals surface area contributed by atoms with E-state index in [1.54, 1.807) is 0 Å². The summed E-state index contributed by atoms with van der Waals surface area (Å²) in [6, 6.07) is -3.08. The third-order valence-electron chi connectivity index (χ3n) is 3.42. The summed E-state index contributed by atoms with van der Waals surface area (Å²) < 4.78 is 36.2. The highest BCUT2D eigenvalue weighted by Crippen LogP contribution is 2.24. The normalized spacial score (nSPS) is 19.0. The molecule has 1 aliphatic rings. The number of carboxylic acid groups (broad SMARTS) is 1. The van der Waals surface area contributed by atoms with Crippen molar-refractivity contribution in [2.75, 3.05) is 18.9 Å². The van der Waals surface area contributed by atoms with Crippen molar-refractivity contribution >= 4 is 56.4 Å². The van der Waals surface area contributed by atoms with Gasteiger partial charge < -0.3 is 31.5 Å². The van der Waals surface area contributed by atoms with E-state index in [1.807, 2.05) is 0 Å². The third kappa shape index (κ3) is 5.30. The van der Waals surface area contributed by atoms with E-state index in [2.05, 4.69) is 25.0 Å². The van der Waals surface area contributed by atoms with Crippen molar-refractivity contribution in [1.82, 2.24) is 14.6 Å². The number of rotatable bonds is 9. The van der Waals surface area contributed by atoms with E-state index in [9.17, 15) is 27.6 Å². The van der Waals surface area contributed by atoms with Crippen molar-refractivity contribution in [3.63, 3.8) is 0 Å². The number of carbonyl (C=O) groups is 4. The summed E-state index contributed by atoms with van der Waals surface area (Å²) in [6.45, 7) is -1.66. The molecule has 0 radical (unpaired) electrons. The number of aromatic nitrogens is 1. The molecule has 2 atom stereocenters. The van der Waals surface area contributed by atoms with Gasteiger partial charge in [0.25, 0.3) is 11.8 Å². The summed E-state index contributed by atoms with van der Waals surface area (Å²) in [5.41, 5.74) is 9.58. The number of nitrogens with zero attached hydrogens (tertiary/aromatic N) is 3. The second-order valence-corrected chi connectivity index (χ2v) is 7.62. The zero-order valence-electron chi connectivity index (χ0n) is 14.6. The molecule has 1 aromatic heterocycles. The number of β-lactam (4-membered cyclic amide) rings is 1. The van der Waals surface area contributed by atoms with E-state index in [0.717, 1.165) is 11.3 Å². The Kier molecular flexibility index (Phi) is 6.74. The summed E-state index contributed by atoms with van der Waals surface area (Å²) in [7, 11) is -5.02. The molecule has 18 heteroatoms. The Hall–Kier alpha value is -3.51. The number of nitrogens with two attached hydrogens (primary N) is 2. The zero-order valence-corrected chi connectivity index (χ0v) is 16.3. The van der Waals surface area contributed by atoms with Gasteiger partial charge >= 0.3 is 22.4 Å². The smallest absolute Gasteiger partial charge is 0.404 e. The van der Waals surface area contributed by atoms with Crippen LogP contribution in [0.4, 0.5) is 9.93 Å². The van der Waals surface area contributed by atoms with Gasteiger partial charge in [-0.25, -0.2) is 18.9 Å². The highest BCUT2D eigenvalue weighted by atomic mass is 32.2. The maximum Gasteiger partial charge on any atom is 0.404 e. The molecule has 7 N–H and O–H groups in total. The summed E-state index contributed by atoms with van der Waals surface area (Å²) in [4.78, 5) is 54.3. The molecular formula is C12H14N6O10S2. The largest absolute Gasteiger partial charge is 0.479 e. The van der Waals surface area contributed by atoms with Crippen LogP contribution in [-0.4, -0.2) is 82.3 Å². The Balaban J connectivity index is 2.24. The molecule has 1 aliphatic heterocycles. The highest BCUT2D eigenvalue weighted by Gasteiger charge is 2.54. The minimum Gasteiger partial charge on any atom is -0.479 e. The fraction of sp³-hybridized carbons (Fsp3) is 0.333. The van der Waals surface area contributed by atoms with Crippen LogP contribution in [0, 0.1) is 0 Å². The van der Waals surface area contributed by atoms with Gasteiger partial charge in [-0.2, -0.15) is 8.42 Å². The van der Waals surface area contributed by atoms with Crippen LogP contribution in [0.15, 0.2) is 10.5 Å². The summed E-state index contributed by atoms with van der Waals surface area (Å²) in [5.74, 6) is -3.76. The number of ether oxygens (including phenoxy) is 1. The lowest BCUT2D eigenvalue weighted by Crippen LogP contribution is -2.73. The van der Waals surface area contributed by atoms with Crippen LogP contribution in [0.1, 0.15) is 5.69 Å². The second-order valence-electron chi connectivity index (χ2n) is 5.44. The van der Waals surface area contributed by atoms with Gasteiger partial charge in [0.05, 0.1) is 0 Å². The average Bonchev–Trinajstić information content (AvgIpc) is 3.04. The summed E-state index contributed by atoms with van der Waals surface area (Å²) in [5, 5.41) is 15.4. The van der Waals surface area contributed by atoms with Gasteiger partial charge in [0, 0.05) is 5.38 Å². The molecule has 0 bridgehead atoms. The van der Waals surface area contributed by atoms with Crippen molar-refractivity contribution in [2.45, 2.75) is 12.1 Å². The number of primary amides is 1. The first-order valence-electron chi connectivity index (χ1n) is 7.58. The van der Waals surface area contributed by atoms with Gasteiger partial charge in [-0.05, 0) is 0 Å². The molecule has 0 aliphatic carbocycles. The number of anilines is 1. The number of nitrogen functional groups attached to an aromatic ring is 1. The van der Waals surface area contributed by atoms with E-state index < -0.39 is 65.2 Å². The first-order chi connectivity index (χ1) is 13.9. The van der Waals surface area contributed by atoms with Crippen LogP contribution < -0.4 is 16.8 Å². The number of nitrogens with one attached hydrogen (secondary N) is 1. The first-order valence-corrected chi connectivity index (χ1v) is 9.86. The number of carboxylic acids is 1. The molecular weight excluding hydrogens is 452 g/mol. The molecule has 2 rings (SSSR count). The Labute approximate surface area is 171 Å². The Morgan fingerprint density at radius 3 is 2.57 bits per heavy atom. The monoisotopic (exact) mass is 466 g/mol. The van der Waals surface area contributed by atoms with Crippen LogP contribution in [0.3, 0.4) is 0 Å². The van der Waals surface area contributed by atoms with E-state index in [-0.39, 0.29) is 15.1 Å². The standard InChI is InChI=1S/C12H14N6O10S2/c13-11-15-4(3-29-11)7(17-28-2-6(19)20)9(21)16-8-5(1-27-12(14)23)18(10(8)22)30(24,25)26/h3,5,8H,1-2H2,(H2,13,15)(H2,14,23)(H,16,21)(H,19,20)(H,24,25,26)/b17-7+/t5-,8+/m0/s1. The maximum absolute atomic E-state index is 12.6. The highest BCUT2D eigenvalue weighted by molar-refractivity contribution is 7.84. The van der Waals surface area contributed by atoms with Crippen molar-refractivity contribution in [3.05, 3.63) is 11.1 Å². The molecule has 1 saturated heterocycles. The topological polar surface area (TPSA) is 254 Å². The molecule has 0 saturated carbocycles. The van der Waals surface area contributed by atoms with Crippen molar-refractivity contribution in [1.29, 1.82) is 0 Å². The Bertz CT molecular complexity index is 1000. The van der Waals surface area contributed by atoms with Gasteiger partial charge in [0.15, 0.2) is 10.8 Å². The predicted molar refractivity (Wildman–Crippen MR) is 96.3 cm³/mol. The quantitative estimate of drug-likeness (QED) is 0.106. The Morgan fingerprint density at radius 1 is 1.40 bits per heavy atom. The minimum atomic E-state index is -5.02. The summed E-state index contributed by atoms with van der Waals surface area (Å²) in [6.07, 6.45) is -1.29. The molecule has 0 spiro atoms. The lowest BCUT2D eigenvalue weighted by atomic mass is 9.99. The molecule has 164 valence electrons. The van der Waals surface area contributed by atoms with Crippen molar-refractivity contribution in [3.8, 4) is 0 Å². The van der Waals surface area contributed by atoms with Crippen LogP contribution in [0.25, 0.3) is 0 Å². The van der Waals surface area contributed by atoms with Gasteiger partial charge in [-0.15, -0.1) is 11.3 Å². The van der Waals surface area contributed by atoms with Crippen LogP contribution in [0.2, 0.25) is 0 Å². The molecule has 0 unspecified atom stereocenters. The van der Waals surface area contributed by atoms with Crippen molar-refractivity contribution < 1.29 is 46.8 Å². The van der Waals surface area contributed by atoms with Crippen LogP contribution >= 0.6 is 11.3 Å². The van der Waals surface area contributed by atoms with E-state index in [4.69, 9.17) is 21.1 Å². The molecule has 3 amide bonds. The predicted octanol–water partition coefficient (Wildman–Crippen LogP) is -2.88.